The lowest BCUT2D eigenvalue weighted by Gasteiger charge is -2.12. The van der Waals surface area contributed by atoms with Crippen molar-refractivity contribution in [2.24, 2.45) is 4.99 Å². The molecule has 0 amide bonds. The van der Waals surface area contributed by atoms with E-state index in [1.165, 1.54) is 12.8 Å². The van der Waals surface area contributed by atoms with Crippen molar-refractivity contribution in [3.63, 3.8) is 0 Å². The topological polar surface area (TPSA) is 45.7 Å². The van der Waals surface area contributed by atoms with E-state index < -0.39 is 0 Å². The molecular formula is C11H22IN3O. The zero-order valence-electron chi connectivity index (χ0n) is 9.87. The number of hydrogen-bond acceptors (Lipinski definition) is 2. The number of rotatable bonds is 5. The van der Waals surface area contributed by atoms with Gasteiger partial charge in [-0.1, -0.05) is 6.08 Å². The molecule has 4 nitrogen and oxygen atoms in total. The fourth-order valence-corrected chi connectivity index (χ4v) is 1.61. The monoisotopic (exact) mass is 339 g/mol. The molecule has 1 fully saturated rings. The zero-order chi connectivity index (χ0) is 10.9. The van der Waals surface area contributed by atoms with E-state index in [0.717, 1.165) is 32.1 Å². The number of nitrogens with zero attached hydrogens (tertiary/aromatic N) is 1. The van der Waals surface area contributed by atoms with Crippen molar-refractivity contribution in [1.82, 2.24) is 10.6 Å². The van der Waals surface area contributed by atoms with Crippen LogP contribution in [0.15, 0.2) is 17.6 Å². The minimum atomic E-state index is 0. The predicted octanol–water partition coefficient (Wildman–Crippen LogP) is 1.52. The second kappa shape index (κ2) is 9.89. The number of hydrogen-bond donors (Lipinski definition) is 2. The van der Waals surface area contributed by atoms with Gasteiger partial charge in [0.05, 0.1) is 6.10 Å². The van der Waals surface area contributed by atoms with Gasteiger partial charge in [0.2, 0.25) is 0 Å². The van der Waals surface area contributed by atoms with Crippen LogP contribution in [0, 0.1) is 0 Å². The summed E-state index contributed by atoms with van der Waals surface area (Å²) in [6.07, 6.45) is 5.70. The molecule has 0 radical (unpaired) electrons. The minimum absolute atomic E-state index is 0. The van der Waals surface area contributed by atoms with E-state index in [2.05, 4.69) is 22.2 Å². The Kier molecular flexibility index (Phi) is 9.71. The Balaban J connectivity index is 0.00000225. The Morgan fingerprint density at radius 2 is 2.38 bits per heavy atom. The molecule has 0 aliphatic carbocycles. The van der Waals surface area contributed by atoms with E-state index in [4.69, 9.17) is 4.74 Å². The van der Waals surface area contributed by atoms with E-state index in [9.17, 15) is 0 Å². The molecule has 0 spiro atoms. The molecule has 0 aromatic rings. The molecule has 16 heavy (non-hydrogen) atoms. The highest BCUT2D eigenvalue weighted by molar-refractivity contribution is 14.0. The van der Waals surface area contributed by atoms with Crippen molar-refractivity contribution in [1.29, 1.82) is 0 Å². The van der Waals surface area contributed by atoms with Crippen LogP contribution in [0.5, 0.6) is 0 Å². The molecule has 1 heterocycles. The van der Waals surface area contributed by atoms with E-state index >= 15 is 0 Å². The molecular weight excluding hydrogens is 317 g/mol. The molecule has 1 atom stereocenters. The van der Waals surface area contributed by atoms with Gasteiger partial charge in [-0.15, -0.1) is 30.6 Å². The van der Waals surface area contributed by atoms with E-state index in [-0.39, 0.29) is 24.0 Å². The first-order valence-corrected chi connectivity index (χ1v) is 5.54. The van der Waals surface area contributed by atoms with Gasteiger partial charge in [-0.25, -0.2) is 0 Å². The lowest BCUT2D eigenvalue weighted by atomic mass is 10.2. The molecule has 0 bridgehead atoms. The van der Waals surface area contributed by atoms with Crippen molar-refractivity contribution in [3.8, 4) is 0 Å². The summed E-state index contributed by atoms with van der Waals surface area (Å²) in [4.78, 5) is 4.10. The largest absolute Gasteiger partial charge is 0.378 e. The van der Waals surface area contributed by atoms with Crippen LogP contribution in [0.2, 0.25) is 0 Å². The first kappa shape index (κ1) is 15.7. The van der Waals surface area contributed by atoms with Gasteiger partial charge < -0.3 is 15.4 Å². The van der Waals surface area contributed by atoms with Gasteiger partial charge in [-0.2, -0.15) is 0 Å². The van der Waals surface area contributed by atoms with Crippen molar-refractivity contribution >= 4 is 29.9 Å². The molecule has 1 aliphatic heterocycles. The maximum absolute atomic E-state index is 5.53. The summed E-state index contributed by atoms with van der Waals surface area (Å²) in [5.41, 5.74) is 0. The normalized spacial score (nSPS) is 20.1. The lowest BCUT2D eigenvalue weighted by Crippen LogP contribution is -2.38. The van der Waals surface area contributed by atoms with Gasteiger partial charge in [0, 0.05) is 26.7 Å². The average Bonchev–Trinajstić information content (AvgIpc) is 2.76. The summed E-state index contributed by atoms with van der Waals surface area (Å²) in [7, 11) is 1.77. The van der Waals surface area contributed by atoms with Gasteiger partial charge in [0.1, 0.15) is 0 Å². The highest BCUT2D eigenvalue weighted by Gasteiger charge is 2.14. The molecule has 1 rings (SSSR count). The Labute approximate surface area is 115 Å². The number of halogens is 1. The second-order valence-electron chi connectivity index (χ2n) is 3.59. The minimum Gasteiger partial charge on any atom is -0.378 e. The fourth-order valence-electron chi connectivity index (χ4n) is 1.61. The summed E-state index contributed by atoms with van der Waals surface area (Å²) < 4.78 is 5.53. The smallest absolute Gasteiger partial charge is 0.191 e. The molecule has 1 unspecified atom stereocenters. The second-order valence-corrected chi connectivity index (χ2v) is 3.59. The van der Waals surface area contributed by atoms with Crippen LogP contribution < -0.4 is 10.6 Å². The summed E-state index contributed by atoms with van der Waals surface area (Å²) in [5, 5.41) is 6.37. The van der Waals surface area contributed by atoms with Crippen molar-refractivity contribution in [2.45, 2.75) is 25.4 Å². The Bertz CT molecular complexity index is 215. The lowest BCUT2D eigenvalue weighted by molar-refractivity contribution is 0.105. The van der Waals surface area contributed by atoms with Gasteiger partial charge in [0.25, 0.3) is 0 Å². The van der Waals surface area contributed by atoms with E-state index in [1.807, 2.05) is 6.08 Å². The van der Waals surface area contributed by atoms with Gasteiger partial charge in [-0.05, 0) is 19.3 Å². The molecule has 0 saturated carbocycles. The van der Waals surface area contributed by atoms with E-state index in [0.29, 0.717) is 6.10 Å². The fraction of sp³-hybridized carbons (Fsp3) is 0.727. The van der Waals surface area contributed by atoms with Crippen LogP contribution in [0.4, 0.5) is 0 Å². The van der Waals surface area contributed by atoms with E-state index in [1.54, 1.807) is 7.05 Å². The maximum Gasteiger partial charge on any atom is 0.191 e. The van der Waals surface area contributed by atoms with Gasteiger partial charge in [-0.3, -0.25) is 4.99 Å². The van der Waals surface area contributed by atoms with Crippen LogP contribution >= 0.6 is 24.0 Å². The van der Waals surface area contributed by atoms with Gasteiger partial charge >= 0.3 is 0 Å². The highest BCUT2D eigenvalue weighted by atomic mass is 127. The van der Waals surface area contributed by atoms with Crippen molar-refractivity contribution in [2.75, 3.05) is 26.7 Å². The quantitative estimate of drug-likeness (QED) is 0.346. The van der Waals surface area contributed by atoms with Crippen LogP contribution in [0.3, 0.4) is 0 Å². The molecule has 1 aliphatic rings. The number of nitrogens with one attached hydrogen (secondary N) is 2. The number of aliphatic imine (C=N–C) groups is 1. The third-order valence-electron chi connectivity index (χ3n) is 2.42. The first-order valence-electron chi connectivity index (χ1n) is 5.54. The molecule has 94 valence electrons. The molecule has 2 N–H and O–H groups in total. The van der Waals surface area contributed by atoms with Crippen molar-refractivity contribution in [3.05, 3.63) is 12.7 Å². The maximum atomic E-state index is 5.53. The third-order valence-corrected chi connectivity index (χ3v) is 2.42. The van der Waals surface area contributed by atoms with Crippen molar-refractivity contribution < 1.29 is 4.74 Å². The number of ether oxygens (including phenoxy) is 1. The average molecular weight is 339 g/mol. The predicted molar refractivity (Wildman–Crippen MR) is 78.6 cm³/mol. The Hall–Kier alpha value is -0.300. The standard InChI is InChI=1S/C11H21N3O.HI/c1-3-7-13-11(12-2)14-8-6-10-5-4-9-15-10;/h3,10H,1,4-9H2,2H3,(H2,12,13,14);1H. The summed E-state index contributed by atoms with van der Waals surface area (Å²) in [5.74, 6) is 0.827. The Morgan fingerprint density at radius 1 is 1.56 bits per heavy atom. The van der Waals surface area contributed by atoms with Crippen LogP contribution in [0.25, 0.3) is 0 Å². The zero-order valence-corrected chi connectivity index (χ0v) is 12.2. The molecule has 0 aromatic heterocycles. The van der Waals surface area contributed by atoms with Gasteiger partial charge in [0.15, 0.2) is 5.96 Å². The SMILES string of the molecule is C=CCNC(=NC)NCCC1CCCO1.I. The Morgan fingerprint density at radius 3 is 2.94 bits per heavy atom. The van der Waals surface area contributed by atoms with Crippen LogP contribution in [-0.2, 0) is 4.74 Å². The summed E-state index contributed by atoms with van der Waals surface area (Å²) in [6, 6.07) is 0. The summed E-state index contributed by atoms with van der Waals surface area (Å²) >= 11 is 0. The molecule has 5 heteroatoms. The molecule has 1 saturated heterocycles. The summed E-state index contributed by atoms with van der Waals surface area (Å²) in [6.45, 7) is 6.21. The highest BCUT2D eigenvalue weighted by Crippen LogP contribution is 2.14. The van der Waals surface area contributed by atoms with Crippen LogP contribution in [0.1, 0.15) is 19.3 Å². The first-order chi connectivity index (χ1) is 7.36. The molecule has 0 aromatic carbocycles. The number of guanidine groups is 1. The third kappa shape index (κ3) is 6.32. The van der Waals surface area contributed by atoms with Crippen LogP contribution in [-0.4, -0.2) is 38.8 Å².